The van der Waals surface area contributed by atoms with Crippen molar-refractivity contribution in [2.75, 3.05) is 25.3 Å². The Labute approximate surface area is 172 Å². The molecule has 2 rings (SSSR count). The van der Waals surface area contributed by atoms with Gasteiger partial charge in [-0.25, -0.2) is 18.0 Å². The number of sulfone groups is 1. The van der Waals surface area contributed by atoms with Gasteiger partial charge in [0.1, 0.15) is 5.75 Å². The molecule has 0 aliphatic carbocycles. The van der Waals surface area contributed by atoms with Crippen LogP contribution in [0.2, 0.25) is 5.02 Å². The molecule has 10 heteroatoms. The van der Waals surface area contributed by atoms with Crippen molar-refractivity contribution in [3.05, 3.63) is 64.2 Å². The molecule has 1 amide bonds. The number of esters is 2. The van der Waals surface area contributed by atoms with Gasteiger partial charge in [-0.2, -0.15) is 0 Å². The minimum Gasteiger partial charge on any atom is -0.465 e. The molecule has 0 heterocycles. The molecule has 0 fully saturated rings. The van der Waals surface area contributed by atoms with Gasteiger partial charge in [0.15, 0.2) is 9.84 Å². The molecule has 0 saturated carbocycles. The number of anilines is 1. The van der Waals surface area contributed by atoms with Gasteiger partial charge < -0.3 is 14.8 Å². The lowest BCUT2D eigenvalue weighted by molar-refractivity contribution is -0.113. The van der Waals surface area contributed by atoms with E-state index in [1.807, 2.05) is 0 Å². The van der Waals surface area contributed by atoms with Gasteiger partial charge in [-0.1, -0.05) is 23.7 Å². The number of methoxy groups -OCH3 is 2. The standard InChI is InChI=1S/C19H18ClNO7S/c1-27-18(23)13-5-8-15(19(24)28-2)16(9-13)21-17(22)11-29(25,26)10-12-3-6-14(20)7-4-12/h3-9H,10-11H2,1-2H3,(H,21,22). The molecule has 29 heavy (non-hydrogen) atoms. The van der Waals surface area contributed by atoms with Crippen molar-refractivity contribution in [3.63, 3.8) is 0 Å². The van der Waals surface area contributed by atoms with E-state index in [4.69, 9.17) is 11.6 Å². The van der Waals surface area contributed by atoms with Crippen molar-refractivity contribution in [1.82, 2.24) is 0 Å². The summed E-state index contributed by atoms with van der Waals surface area (Å²) in [7, 11) is -1.47. The van der Waals surface area contributed by atoms with E-state index in [-0.39, 0.29) is 22.6 Å². The molecular weight excluding hydrogens is 422 g/mol. The Morgan fingerprint density at radius 2 is 1.59 bits per heavy atom. The first-order chi connectivity index (χ1) is 13.6. The van der Waals surface area contributed by atoms with Gasteiger partial charge in [0.25, 0.3) is 0 Å². The molecule has 0 unspecified atom stereocenters. The highest BCUT2D eigenvalue weighted by Crippen LogP contribution is 2.20. The summed E-state index contributed by atoms with van der Waals surface area (Å²) in [6.45, 7) is 0. The number of benzene rings is 2. The Morgan fingerprint density at radius 1 is 0.966 bits per heavy atom. The molecule has 2 aromatic carbocycles. The normalized spacial score (nSPS) is 10.9. The van der Waals surface area contributed by atoms with Crippen molar-refractivity contribution < 1.29 is 32.3 Å². The molecule has 0 bridgehead atoms. The summed E-state index contributed by atoms with van der Waals surface area (Å²) in [5, 5.41) is 2.81. The fraction of sp³-hybridized carbons (Fsp3) is 0.211. The molecular formula is C19H18ClNO7S. The van der Waals surface area contributed by atoms with Gasteiger partial charge in [0.2, 0.25) is 5.91 Å². The van der Waals surface area contributed by atoms with Crippen LogP contribution in [0.15, 0.2) is 42.5 Å². The quantitative estimate of drug-likeness (QED) is 0.658. The second-order valence-corrected chi connectivity index (χ2v) is 8.45. The number of rotatable bonds is 7. The molecule has 0 saturated heterocycles. The van der Waals surface area contributed by atoms with Gasteiger partial charge in [0, 0.05) is 5.02 Å². The average molecular weight is 440 g/mol. The molecule has 1 N–H and O–H groups in total. The Kier molecular flexibility index (Phi) is 7.35. The largest absolute Gasteiger partial charge is 0.465 e. The molecule has 2 aromatic rings. The first-order valence-electron chi connectivity index (χ1n) is 8.20. The van der Waals surface area contributed by atoms with Crippen LogP contribution >= 0.6 is 11.6 Å². The molecule has 0 aromatic heterocycles. The smallest absolute Gasteiger partial charge is 0.339 e. The van der Waals surface area contributed by atoms with Gasteiger partial charge in [-0.3, -0.25) is 4.79 Å². The van der Waals surface area contributed by atoms with Gasteiger partial charge in [0.05, 0.1) is 36.8 Å². The van der Waals surface area contributed by atoms with Crippen LogP contribution in [0.5, 0.6) is 0 Å². The van der Waals surface area contributed by atoms with E-state index in [9.17, 15) is 22.8 Å². The Morgan fingerprint density at radius 3 is 2.17 bits per heavy atom. The molecule has 0 aliphatic rings. The third-order valence-electron chi connectivity index (χ3n) is 3.77. The molecule has 8 nitrogen and oxygen atoms in total. The Bertz CT molecular complexity index is 1030. The first kappa shape index (κ1) is 22.4. The van der Waals surface area contributed by atoms with E-state index in [1.54, 1.807) is 24.3 Å². The van der Waals surface area contributed by atoms with E-state index in [0.717, 1.165) is 7.11 Å². The lowest BCUT2D eigenvalue weighted by atomic mass is 10.1. The van der Waals surface area contributed by atoms with E-state index in [2.05, 4.69) is 14.8 Å². The zero-order chi connectivity index (χ0) is 21.6. The van der Waals surface area contributed by atoms with E-state index in [0.29, 0.717) is 10.6 Å². The summed E-state index contributed by atoms with van der Waals surface area (Å²) in [6, 6.07) is 10.0. The first-order valence-corrected chi connectivity index (χ1v) is 10.4. The molecule has 0 radical (unpaired) electrons. The lowest BCUT2D eigenvalue weighted by Crippen LogP contribution is -2.25. The van der Waals surface area contributed by atoms with Crippen molar-refractivity contribution in [2.45, 2.75) is 5.75 Å². The van der Waals surface area contributed by atoms with Crippen LogP contribution in [0.25, 0.3) is 0 Å². The summed E-state index contributed by atoms with van der Waals surface area (Å²) >= 11 is 5.77. The van der Waals surface area contributed by atoms with Crippen LogP contribution in [0.1, 0.15) is 26.3 Å². The van der Waals surface area contributed by atoms with Crippen molar-refractivity contribution in [2.24, 2.45) is 0 Å². The predicted octanol–water partition coefficient (Wildman–Crippen LogP) is 2.47. The highest BCUT2D eigenvalue weighted by atomic mass is 35.5. The number of carbonyl (C=O) groups excluding carboxylic acids is 3. The summed E-state index contributed by atoms with van der Waals surface area (Å²) in [5.74, 6) is -3.50. The Hall–Kier alpha value is -2.91. The summed E-state index contributed by atoms with van der Waals surface area (Å²) in [5.41, 5.74) is 0.444. The monoisotopic (exact) mass is 439 g/mol. The predicted molar refractivity (Wildman–Crippen MR) is 107 cm³/mol. The topological polar surface area (TPSA) is 116 Å². The van der Waals surface area contributed by atoms with Crippen LogP contribution in [0, 0.1) is 0 Å². The second-order valence-electron chi connectivity index (χ2n) is 5.95. The highest BCUT2D eigenvalue weighted by molar-refractivity contribution is 7.91. The van der Waals surface area contributed by atoms with Crippen LogP contribution in [-0.4, -0.2) is 46.2 Å². The number of hydrogen-bond donors (Lipinski definition) is 1. The lowest BCUT2D eigenvalue weighted by Gasteiger charge is -2.12. The maximum absolute atomic E-state index is 12.3. The fourth-order valence-electron chi connectivity index (χ4n) is 2.45. The van der Waals surface area contributed by atoms with Gasteiger partial charge >= 0.3 is 11.9 Å². The van der Waals surface area contributed by atoms with Gasteiger partial charge in [-0.15, -0.1) is 0 Å². The molecule has 0 spiro atoms. The number of hydrogen-bond acceptors (Lipinski definition) is 7. The molecule has 0 atom stereocenters. The minimum atomic E-state index is -3.80. The third kappa shape index (κ3) is 6.30. The van der Waals surface area contributed by atoms with Crippen molar-refractivity contribution >= 4 is 45.0 Å². The maximum atomic E-state index is 12.3. The van der Waals surface area contributed by atoms with Crippen molar-refractivity contribution in [3.8, 4) is 0 Å². The van der Waals surface area contributed by atoms with Crippen LogP contribution in [0.3, 0.4) is 0 Å². The van der Waals surface area contributed by atoms with Crippen molar-refractivity contribution in [1.29, 1.82) is 0 Å². The average Bonchev–Trinajstić information content (AvgIpc) is 2.67. The third-order valence-corrected chi connectivity index (χ3v) is 5.50. The number of carbonyl (C=O) groups is 3. The molecule has 0 aliphatic heterocycles. The van der Waals surface area contributed by atoms with E-state index in [1.165, 1.54) is 25.3 Å². The molecule has 154 valence electrons. The van der Waals surface area contributed by atoms with E-state index < -0.39 is 33.4 Å². The van der Waals surface area contributed by atoms with Crippen LogP contribution in [0.4, 0.5) is 5.69 Å². The van der Waals surface area contributed by atoms with E-state index >= 15 is 0 Å². The zero-order valence-electron chi connectivity index (χ0n) is 15.6. The number of nitrogens with one attached hydrogen (secondary N) is 1. The Balaban J connectivity index is 2.20. The SMILES string of the molecule is COC(=O)c1ccc(C(=O)OC)c(NC(=O)CS(=O)(=O)Cc2ccc(Cl)cc2)c1. The summed E-state index contributed by atoms with van der Waals surface area (Å²) in [4.78, 5) is 35.9. The number of amides is 1. The minimum absolute atomic E-state index is 0.0383. The summed E-state index contributed by atoms with van der Waals surface area (Å²) < 4.78 is 33.9. The number of halogens is 1. The van der Waals surface area contributed by atoms with Crippen LogP contribution in [-0.2, 0) is 29.9 Å². The zero-order valence-corrected chi connectivity index (χ0v) is 17.2. The van der Waals surface area contributed by atoms with Crippen LogP contribution < -0.4 is 5.32 Å². The number of ether oxygens (including phenoxy) is 2. The fourth-order valence-corrected chi connectivity index (χ4v) is 3.85. The highest BCUT2D eigenvalue weighted by Gasteiger charge is 2.21. The van der Waals surface area contributed by atoms with Gasteiger partial charge in [-0.05, 0) is 35.9 Å². The summed E-state index contributed by atoms with van der Waals surface area (Å²) in [6.07, 6.45) is 0. The maximum Gasteiger partial charge on any atom is 0.339 e. The second kappa shape index (κ2) is 9.53.